The molecule has 0 spiro atoms. The van der Waals surface area contributed by atoms with Gasteiger partial charge in [-0.3, -0.25) is 0 Å². The van der Waals surface area contributed by atoms with Crippen molar-refractivity contribution in [1.29, 1.82) is 0 Å². The first kappa shape index (κ1) is 15.6. The smallest absolute Gasteiger partial charge is 0.389 e. The minimum Gasteiger partial charge on any atom is -0.490 e. The van der Waals surface area contributed by atoms with Gasteiger partial charge < -0.3 is 15.2 Å². The molecule has 19 heavy (non-hydrogen) atoms. The van der Waals surface area contributed by atoms with Crippen LogP contribution in [0.2, 0.25) is 0 Å². The minimum absolute atomic E-state index is 0.00154. The molecule has 0 fully saturated rings. The summed E-state index contributed by atoms with van der Waals surface area (Å²) >= 11 is 0. The van der Waals surface area contributed by atoms with Gasteiger partial charge in [0.05, 0.1) is 13.2 Å². The first-order valence-electron chi connectivity index (χ1n) is 6.11. The number of hydrogen-bond acceptors (Lipinski definition) is 3. The maximum Gasteiger partial charge on any atom is 0.389 e. The topological polar surface area (TPSA) is 44.5 Å². The van der Waals surface area contributed by atoms with E-state index in [-0.39, 0.29) is 13.0 Å². The number of hydrogen-bond donors (Lipinski definition) is 1. The second-order valence-electron chi connectivity index (χ2n) is 3.99. The molecule has 0 atom stereocenters. The van der Waals surface area contributed by atoms with Crippen molar-refractivity contribution < 1.29 is 22.6 Å². The van der Waals surface area contributed by atoms with Crippen LogP contribution in [-0.2, 0) is 6.54 Å². The number of nitrogens with two attached hydrogens (primary N) is 1. The first-order valence-corrected chi connectivity index (χ1v) is 6.11. The van der Waals surface area contributed by atoms with Crippen LogP contribution in [0.5, 0.6) is 11.5 Å². The number of alkyl halides is 3. The molecule has 0 aliphatic heterocycles. The van der Waals surface area contributed by atoms with E-state index in [1.807, 2.05) is 6.92 Å². The fraction of sp³-hybridized carbons (Fsp3) is 0.538. The summed E-state index contributed by atoms with van der Waals surface area (Å²) in [5.41, 5.74) is 6.39. The molecule has 0 saturated carbocycles. The zero-order valence-electron chi connectivity index (χ0n) is 10.8. The highest BCUT2D eigenvalue weighted by Crippen LogP contribution is 2.29. The molecule has 0 saturated heterocycles. The lowest BCUT2D eigenvalue weighted by atomic mass is 10.2. The van der Waals surface area contributed by atoms with Crippen LogP contribution in [-0.4, -0.2) is 19.4 Å². The maximum atomic E-state index is 12.0. The number of ether oxygens (including phenoxy) is 2. The van der Waals surface area contributed by atoms with Crippen molar-refractivity contribution in [2.75, 3.05) is 13.2 Å². The van der Waals surface area contributed by atoms with E-state index >= 15 is 0 Å². The Kier molecular flexibility index (Phi) is 5.95. The van der Waals surface area contributed by atoms with Crippen molar-refractivity contribution in [2.24, 2.45) is 5.73 Å². The fourth-order valence-corrected chi connectivity index (χ4v) is 1.52. The molecule has 0 bridgehead atoms. The molecule has 1 aromatic carbocycles. The molecule has 0 aromatic heterocycles. The van der Waals surface area contributed by atoms with Crippen LogP contribution in [0.15, 0.2) is 18.2 Å². The van der Waals surface area contributed by atoms with Gasteiger partial charge in [-0.25, -0.2) is 0 Å². The normalized spacial score (nSPS) is 11.4. The first-order chi connectivity index (χ1) is 8.96. The highest BCUT2D eigenvalue weighted by Gasteiger charge is 2.26. The molecule has 0 radical (unpaired) electrons. The molecular weight excluding hydrogens is 259 g/mol. The van der Waals surface area contributed by atoms with Crippen LogP contribution < -0.4 is 15.2 Å². The van der Waals surface area contributed by atoms with Crippen LogP contribution in [0.4, 0.5) is 13.2 Å². The number of rotatable bonds is 7. The average Bonchev–Trinajstić information content (AvgIpc) is 2.35. The van der Waals surface area contributed by atoms with Crippen molar-refractivity contribution in [3.63, 3.8) is 0 Å². The fourth-order valence-electron chi connectivity index (χ4n) is 1.52. The third-order valence-electron chi connectivity index (χ3n) is 2.41. The second-order valence-corrected chi connectivity index (χ2v) is 3.99. The molecule has 0 heterocycles. The zero-order chi connectivity index (χ0) is 14.3. The summed E-state index contributed by atoms with van der Waals surface area (Å²) in [6.07, 6.45) is -5.07. The second kappa shape index (κ2) is 7.23. The Morgan fingerprint density at radius 2 is 1.89 bits per heavy atom. The summed E-state index contributed by atoms with van der Waals surface area (Å²) in [7, 11) is 0. The van der Waals surface area contributed by atoms with Gasteiger partial charge in [0.1, 0.15) is 0 Å². The molecule has 0 amide bonds. The molecule has 3 nitrogen and oxygen atoms in total. The van der Waals surface area contributed by atoms with Gasteiger partial charge >= 0.3 is 6.18 Å². The van der Waals surface area contributed by atoms with Crippen LogP contribution in [0.25, 0.3) is 0 Å². The lowest BCUT2D eigenvalue weighted by Gasteiger charge is -2.13. The Labute approximate surface area is 110 Å². The molecule has 0 unspecified atom stereocenters. The summed E-state index contributed by atoms with van der Waals surface area (Å²) in [6.45, 7) is 2.64. The van der Waals surface area contributed by atoms with E-state index in [9.17, 15) is 13.2 Å². The van der Waals surface area contributed by atoms with Gasteiger partial charge in [-0.1, -0.05) is 6.07 Å². The van der Waals surface area contributed by atoms with Crippen molar-refractivity contribution >= 4 is 0 Å². The van der Waals surface area contributed by atoms with Gasteiger partial charge in [0.25, 0.3) is 0 Å². The zero-order valence-corrected chi connectivity index (χ0v) is 10.8. The monoisotopic (exact) mass is 277 g/mol. The van der Waals surface area contributed by atoms with Gasteiger partial charge in [-0.2, -0.15) is 13.2 Å². The quantitative estimate of drug-likeness (QED) is 0.778. The van der Waals surface area contributed by atoms with Crippen LogP contribution in [0.3, 0.4) is 0 Å². The molecule has 2 N–H and O–H groups in total. The van der Waals surface area contributed by atoms with E-state index in [2.05, 4.69) is 0 Å². The van der Waals surface area contributed by atoms with Crippen LogP contribution in [0.1, 0.15) is 25.3 Å². The van der Waals surface area contributed by atoms with Gasteiger partial charge in [-0.05, 0) is 31.0 Å². The molecule has 0 aliphatic rings. The van der Waals surface area contributed by atoms with E-state index in [0.717, 1.165) is 5.56 Å². The van der Waals surface area contributed by atoms with Gasteiger partial charge in [-0.15, -0.1) is 0 Å². The summed E-state index contributed by atoms with van der Waals surface area (Å²) in [6, 6.07) is 5.17. The molecule has 1 aromatic rings. The third kappa shape index (κ3) is 5.83. The Bertz CT molecular complexity index is 394. The summed E-state index contributed by atoms with van der Waals surface area (Å²) in [5, 5.41) is 0. The summed E-state index contributed by atoms with van der Waals surface area (Å²) in [5.74, 6) is 0.957. The lowest BCUT2D eigenvalue weighted by Crippen LogP contribution is -2.10. The maximum absolute atomic E-state index is 12.0. The van der Waals surface area contributed by atoms with Gasteiger partial charge in [0.2, 0.25) is 0 Å². The van der Waals surface area contributed by atoms with Crippen molar-refractivity contribution in [2.45, 2.75) is 32.5 Å². The van der Waals surface area contributed by atoms with Crippen LogP contribution >= 0.6 is 0 Å². The summed E-state index contributed by atoms with van der Waals surface area (Å²) < 4.78 is 46.7. The van der Waals surface area contributed by atoms with Crippen LogP contribution in [0, 0.1) is 0 Å². The lowest BCUT2D eigenvalue weighted by molar-refractivity contribution is -0.136. The minimum atomic E-state index is -4.14. The highest BCUT2D eigenvalue weighted by molar-refractivity contribution is 5.43. The number of benzene rings is 1. The van der Waals surface area contributed by atoms with E-state index in [4.69, 9.17) is 15.2 Å². The standard InChI is InChI=1S/C13H18F3NO2/c1-2-18-12-8-10(9-17)4-5-11(12)19-7-3-6-13(14,15)16/h4-5,8H,2-3,6-7,9,17H2,1H3. The Morgan fingerprint density at radius 3 is 2.47 bits per heavy atom. The molecule has 108 valence electrons. The predicted octanol–water partition coefficient (Wildman–Crippen LogP) is 3.27. The molecule has 0 aliphatic carbocycles. The van der Waals surface area contributed by atoms with E-state index in [1.54, 1.807) is 18.2 Å². The van der Waals surface area contributed by atoms with E-state index < -0.39 is 12.6 Å². The average molecular weight is 277 g/mol. The summed E-state index contributed by atoms with van der Waals surface area (Å²) in [4.78, 5) is 0. The largest absolute Gasteiger partial charge is 0.490 e. The Hall–Kier alpha value is -1.43. The van der Waals surface area contributed by atoms with Crippen molar-refractivity contribution in [1.82, 2.24) is 0 Å². The number of halogens is 3. The Morgan fingerprint density at radius 1 is 1.16 bits per heavy atom. The van der Waals surface area contributed by atoms with E-state index in [1.165, 1.54) is 0 Å². The van der Waals surface area contributed by atoms with Crippen molar-refractivity contribution in [3.05, 3.63) is 23.8 Å². The van der Waals surface area contributed by atoms with Crippen molar-refractivity contribution in [3.8, 4) is 11.5 Å². The highest BCUT2D eigenvalue weighted by atomic mass is 19.4. The SMILES string of the molecule is CCOc1cc(CN)ccc1OCCCC(F)(F)F. The van der Waals surface area contributed by atoms with Gasteiger partial charge in [0, 0.05) is 13.0 Å². The van der Waals surface area contributed by atoms with E-state index in [0.29, 0.717) is 24.7 Å². The molecule has 1 rings (SSSR count). The van der Waals surface area contributed by atoms with Gasteiger partial charge in [0.15, 0.2) is 11.5 Å². The Balaban J connectivity index is 2.56. The molecule has 6 heteroatoms. The molecular formula is C13H18F3NO2. The predicted molar refractivity (Wildman–Crippen MR) is 66.3 cm³/mol. The third-order valence-corrected chi connectivity index (χ3v) is 2.41.